The van der Waals surface area contributed by atoms with Crippen LogP contribution in [0.25, 0.3) is 0 Å². The average molecular weight is 350 g/mol. The highest BCUT2D eigenvalue weighted by molar-refractivity contribution is 7.99. The van der Waals surface area contributed by atoms with E-state index in [1.165, 1.54) is 0 Å². The molecule has 6 heteroatoms. The van der Waals surface area contributed by atoms with E-state index in [0.717, 1.165) is 36.6 Å². The average Bonchev–Trinajstić information content (AvgIpc) is 2.63. The Kier molecular flexibility index (Phi) is 7.59. The molecule has 1 aliphatic rings. The van der Waals surface area contributed by atoms with Crippen LogP contribution in [0.3, 0.4) is 0 Å². The zero-order valence-electron chi connectivity index (χ0n) is 14.5. The van der Waals surface area contributed by atoms with Crippen molar-refractivity contribution in [2.45, 2.75) is 19.4 Å². The predicted molar refractivity (Wildman–Crippen MR) is 99.0 cm³/mol. The van der Waals surface area contributed by atoms with E-state index in [2.05, 4.69) is 10.2 Å². The molecular formula is C18H27N3O2S. The minimum atomic E-state index is -0.302. The van der Waals surface area contributed by atoms with Crippen molar-refractivity contribution in [2.75, 3.05) is 44.7 Å². The zero-order chi connectivity index (χ0) is 17.4. The Bertz CT molecular complexity index is 532. The van der Waals surface area contributed by atoms with Gasteiger partial charge >= 0.3 is 0 Å². The number of carbonyl (C=O) groups excluding carboxylic acids is 2. The fourth-order valence-electron chi connectivity index (χ4n) is 2.94. The Balaban J connectivity index is 2.26. The molecule has 5 nitrogen and oxygen atoms in total. The van der Waals surface area contributed by atoms with E-state index >= 15 is 0 Å². The molecule has 132 valence electrons. The molecular weight excluding hydrogens is 322 g/mol. The van der Waals surface area contributed by atoms with Gasteiger partial charge in [-0.15, -0.1) is 0 Å². The van der Waals surface area contributed by atoms with Crippen LogP contribution in [0.5, 0.6) is 0 Å². The fourth-order valence-corrected chi connectivity index (χ4v) is 3.87. The number of benzene rings is 1. The summed E-state index contributed by atoms with van der Waals surface area (Å²) in [6, 6.07) is 9.62. The molecule has 2 amide bonds. The predicted octanol–water partition coefficient (Wildman–Crippen LogP) is 1.76. The van der Waals surface area contributed by atoms with Crippen LogP contribution in [0.2, 0.25) is 0 Å². The number of hydrogen-bond donors (Lipinski definition) is 1. The normalized spacial score (nSPS) is 16.4. The lowest BCUT2D eigenvalue weighted by Crippen LogP contribution is -2.48. The van der Waals surface area contributed by atoms with Crippen molar-refractivity contribution in [1.82, 2.24) is 15.1 Å². The number of amides is 2. The molecule has 1 fully saturated rings. The third-order valence-corrected chi connectivity index (χ3v) is 5.12. The van der Waals surface area contributed by atoms with Crippen molar-refractivity contribution in [2.24, 2.45) is 0 Å². The minimum absolute atomic E-state index is 0.0264. The molecule has 0 bridgehead atoms. The van der Waals surface area contributed by atoms with E-state index in [0.29, 0.717) is 6.54 Å². The Labute approximate surface area is 148 Å². The van der Waals surface area contributed by atoms with E-state index in [-0.39, 0.29) is 24.4 Å². The van der Waals surface area contributed by atoms with Crippen molar-refractivity contribution < 1.29 is 9.59 Å². The second-order valence-electron chi connectivity index (χ2n) is 5.89. The highest BCUT2D eigenvalue weighted by Crippen LogP contribution is 2.26. The maximum absolute atomic E-state index is 13.3. The first kappa shape index (κ1) is 18.8. The SMILES string of the molecule is CCCN(CC(=O)NC)C(=O)C(c1ccccc1)N1CCSCC1. The minimum Gasteiger partial charge on any atom is -0.358 e. The quantitative estimate of drug-likeness (QED) is 0.815. The van der Waals surface area contributed by atoms with Crippen molar-refractivity contribution in [3.8, 4) is 0 Å². The monoisotopic (exact) mass is 349 g/mol. The molecule has 1 saturated heterocycles. The van der Waals surface area contributed by atoms with Gasteiger partial charge in [-0.25, -0.2) is 0 Å². The molecule has 1 N–H and O–H groups in total. The van der Waals surface area contributed by atoms with E-state index in [4.69, 9.17) is 0 Å². The van der Waals surface area contributed by atoms with Gasteiger partial charge in [-0.2, -0.15) is 11.8 Å². The highest BCUT2D eigenvalue weighted by atomic mass is 32.2. The van der Waals surface area contributed by atoms with Crippen molar-refractivity contribution >= 4 is 23.6 Å². The molecule has 0 aliphatic carbocycles. The molecule has 2 rings (SSSR count). The van der Waals surface area contributed by atoms with Crippen molar-refractivity contribution in [3.05, 3.63) is 35.9 Å². The Morgan fingerprint density at radius 3 is 2.50 bits per heavy atom. The van der Waals surface area contributed by atoms with Crippen LogP contribution < -0.4 is 5.32 Å². The first-order valence-corrected chi connectivity index (χ1v) is 9.69. The van der Waals surface area contributed by atoms with Crippen LogP contribution in [0, 0.1) is 0 Å². The summed E-state index contributed by atoms with van der Waals surface area (Å²) < 4.78 is 0. The summed E-state index contributed by atoms with van der Waals surface area (Å²) in [7, 11) is 1.60. The molecule has 1 atom stereocenters. The number of nitrogens with one attached hydrogen (secondary N) is 1. The molecule has 1 aromatic carbocycles. The summed E-state index contributed by atoms with van der Waals surface area (Å²) in [4.78, 5) is 29.0. The van der Waals surface area contributed by atoms with E-state index in [9.17, 15) is 9.59 Å². The number of carbonyl (C=O) groups is 2. The molecule has 0 spiro atoms. The maximum atomic E-state index is 13.3. The second-order valence-corrected chi connectivity index (χ2v) is 7.12. The number of rotatable bonds is 7. The van der Waals surface area contributed by atoms with Gasteiger partial charge in [0.2, 0.25) is 11.8 Å². The van der Waals surface area contributed by atoms with Crippen LogP contribution in [-0.4, -0.2) is 66.3 Å². The molecule has 1 aromatic rings. The topological polar surface area (TPSA) is 52.7 Å². The third-order valence-electron chi connectivity index (χ3n) is 4.18. The van der Waals surface area contributed by atoms with Gasteiger partial charge < -0.3 is 10.2 Å². The number of hydrogen-bond acceptors (Lipinski definition) is 4. The third kappa shape index (κ3) is 4.98. The van der Waals surface area contributed by atoms with Gasteiger partial charge in [0.05, 0.1) is 6.54 Å². The van der Waals surface area contributed by atoms with Crippen LogP contribution in [0.15, 0.2) is 30.3 Å². The number of likely N-dealkylation sites (N-methyl/N-ethyl adjacent to an activating group) is 1. The molecule has 0 aromatic heterocycles. The molecule has 1 unspecified atom stereocenters. The van der Waals surface area contributed by atoms with Crippen molar-refractivity contribution in [3.63, 3.8) is 0 Å². The van der Waals surface area contributed by atoms with E-state index in [1.807, 2.05) is 49.0 Å². The molecule has 0 radical (unpaired) electrons. The van der Waals surface area contributed by atoms with Gasteiger partial charge in [-0.05, 0) is 12.0 Å². The molecule has 1 heterocycles. The summed E-state index contributed by atoms with van der Waals surface area (Å²) >= 11 is 1.93. The Hall–Kier alpha value is -1.53. The Morgan fingerprint density at radius 1 is 1.25 bits per heavy atom. The van der Waals surface area contributed by atoms with E-state index in [1.54, 1.807) is 11.9 Å². The largest absolute Gasteiger partial charge is 0.358 e. The molecule has 0 saturated carbocycles. The highest BCUT2D eigenvalue weighted by Gasteiger charge is 2.32. The van der Waals surface area contributed by atoms with Crippen LogP contribution >= 0.6 is 11.8 Å². The molecule has 1 aliphatic heterocycles. The van der Waals surface area contributed by atoms with Crippen molar-refractivity contribution in [1.29, 1.82) is 0 Å². The lowest BCUT2D eigenvalue weighted by atomic mass is 10.0. The van der Waals surface area contributed by atoms with E-state index < -0.39 is 0 Å². The lowest BCUT2D eigenvalue weighted by Gasteiger charge is -2.36. The fraction of sp³-hybridized carbons (Fsp3) is 0.556. The first-order valence-electron chi connectivity index (χ1n) is 8.53. The van der Waals surface area contributed by atoms with Gasteiger partial charge in [0.25, 0.3) is 0 Å². The van der Waals surface area contributed by atoms with Gasteiger partial charge in [0.1, 0.15) is 6.04 Å². The maximum Gasteiger partial charge on any atom is 0.245 e. The zero-order valence-corrected chi connectivity index (χ0v) is 15.3. The van der Waals surface area contributed by atoms with Gasteiger partial charge in [-0.3, -0.25) is 14.5 Å². The van der Waals surface area contributed by atoms with Crippen LogP contribution in [-0.2, 0) is 9.59 Å². The smallest absolute Gasteiger partial charge is 0.245 e. The summed E-state index contributed by atoms with van der Waals surface area (Å²) in [6.45, 7) is 4.54. The van der Waals surface area contributed by atoms with Gasteiger partial charge in [0, 0.05) is 38.2 Å². The summed E-state index contributed by atoms with van der Waals surface area (Å²) in [5.74, 6) is 1.98. The van der Waals surface area contributed by atoms with Gasteiger partial charge in [-0.1, -0.05) is 37.3 Å². The summed E-state index contributed by atoms with van der Waals surface area (Å²) in [5.41, 5.74) is 1.01. The Morgan fingerprint density at radius 2 is 1.92 bits per heavy atom. The lowest BCUT2D eigenvalue weighted by molar-refractivity contribution is -0.140. The first-order chi connectivity index (χ1) is 11.7. The summed E-state index contributed by atoms with van der Waals surface area (Å²) in [6.07, 6.45) is 0.833. The van der Waals surface area contributed by atoms with Crippen LogP contribution in [0.1, 0.15) is 24.9 Å². The second kappa shape index (κ2) is 9.69. The molecule has 24 heavy (non-hydrogen) atoms. The van der Waals surface area contributed by atoms with Crippen LogP contribution in [0.4, 0.5) is 0 Å². The van der Waals surface area contributed by atoms with Gasteiger partial charge in [0.15, 0.2) is 0 Å². The standard InChI is InChI=1S/C18H27N3O2S/c1-3-9-21(14-16(22)19-2)18(23)17(15-7-5-4-6-8-15)20-10-12-24-13-11-20/h4-8,17H,3,9-14H2,1-2H3,(H,19,22). The number of nitrogens with zero attached hydrogens (tertiary/aromatic N) is 2. The summed E-state index contributed by atoms with van der Waals surface area (Å²) in [5, 5.41) is 2.62. The number of thioether (sulfide) groups is 1.